The van der Waals surface area contributed by atoms with Crippen LogP contribution in [-0.4, -0.2) is 47.2 Å². The average molecular weight is 341 g/mol. The molecular formula is C19H23N3O3. The van der Waals surface area contributed by atoms with Gasteiger partial charge in [-0.2, -0.15) is 0 Å². The van der Waals surface area contributed by atoms with Gasteiger partial charge in [0.05, 0.1) is 0 Å². The van der Waals surface area contributed by atoms with E-state index in [1.54, 1.807) is 17.8 Å². The molecule has 1 atom stereocenters. The Morgan fingerprint density at radius 3 is 2.72 bits per heavy atom. The molecule has 2 aliphatic rings. The maximum atomic E-state index is 12.8. The molecule has 2 aromatic rings. The van der Waals surface area contributed by atoms with Gasteiger partial charge in [-0.3, -0.25) is 9.59 Å². The zero-order chi connectivity index (χ0) is 17.4. The lowest BCUT2D eigenvalue weighted by molar-refractivity contribution is -0.131. The second-order valence-corrected chi connectivity index (χ2v) is 6.89. The summed E-state index contributed by atoms with van der Waals surface area (Å²) >= 11 is 0. The SMILES string of the molecule is Cn1ccc2ccc(NC3CCN(C4CCOCC4)C3=O)cc2c1=O. The Balaban J connectivity index is 1.52. The Hall–Kier alpha value is -2.34. The summed E-state index contributed by atoms with van der Waals surface area (Å²) in [6, 6.07) is 7.72. The monoisotopic (exact) mass is 341 g/mol. The van der Waals surface area contributed by atoms with Crippen molar-refractivity contribution in [2.45, 2.75) is 31.3 Å². The van der Waals surface area contributed by atoms with Gasteiger partial charge < -0.3 is 19.5 Å². The second-order valence-electron chi connectivity index (χ2n) is 6.89. The van der Waals surface area contributed by atoms with Crippen molar-refractivity contribution in [3.05, 3.63) is 40.8 Å². The number of carbonyl (C=O) groups excluding carboxylic acids is 1. The number of pyridine rings is 1. The minimum atomic E-state index is -0.215. The lowest BCUT2D eigenvalue weighted by atomic mass is 10.1. The molecular weight excluding hydrogens is 318 g/mol. The third-order valence-corrected chi connectivity index (χ3v) is 5.29. The molecule has 1 N–H and O–H groups in total. The van der Waals surface area contributed by atoms with Crippen molar-refractivity contribution in [1.82, 2.24) is 9.47 Å². The first-order chi connectivity index (χ1) is 12.1. The Kier molecular flexibility index (Phi) is 4.21. The molecule has 0 saturated carbocycles. The third kappa shape index (κ3) is 3.02. The van der Waals surface area contributed by atoms with Gasteiger partial charge in [-0.1, -0.05) is 6.07 Å². The number of hydrogen-bond acceptors (Lipinski definition) is 4. The van der Waals surface area contributed by atoms with Crippen LogP contribution in [0.3, 0.4) is 0 Å². The van der Waals surface area contributed by atoms with E-state index < -0.39 is 0 Å². The molecule has 3 heterocycles. The van der Waals surface area contributed by atoms with Crippen LogP contribution < -0.4 is 10.9 Å². The molecule has 6 heteroatoms. The number of amides is 1. The van der Waals surface area contributed by atoms with Gasteiger partial charge in [-0.05, 0) is 42.8 Å². The number of nitrogens with zero attached hydrogens (tertiary/aromatic N) is 2. The predicted molar refractivity (Wildman–Crippen MR) is 96.8 cm³/mol. The molecule has 2 saturated heterocycles. The molecule has 2 aliphatic heterocycles. The highest BCUT2D eigenvalue weighted by molar-refractivity contribution is 5.89. The van der Waals surface area contributed by atoms with Crippen LogP contribution >= 0.6 is 0 Å². The number of likely N-dealkylation sites (tertiary alicyclic amines) is 1. The summed E-state index contributed by atoms with van der Waals surface area (Å²) in [5.74, 6) is 0.160. The van der Waals surface area contributed by atoms with Gasteiger partial charge in [0.15, 0.2) is 0 Å². The lowest BCUT2D eigenvalue weighted by Gasteiger charge is -2.31. The predicted octanol–water partition coefficient (Wildman–Crippen LogP) is 1.73. The Morgan fingerprint density at radius 1 is 1.12 bits per heavy atom. The van der Waals surface area contributed by atoms with Crippen LogP contribution in [0.15, 0.2) is 35.3 Å². The van der Waals surface area contributed by atoms with Gasteiger partial charge in [0, 0.05) is 50.1 Å². The molecule has 0 radical (unpaired) electrons. The highest BCUT2D eigenvalue weighted by atomic mass is 16.5. The van der Waals surface area contributed by atoms with Crippen LogP contribution in [0.5, 0.6) is 0 Å². The van der Waals surface area contributed by atoms with Crippen molar-refractivity contribution >= 4 is 22.4 Å². The number of aryl methyl sites for hydroxylation is 1. The van der Waals surface area contributed by atoms with Crippen LogP contribution in [0.2, 0.25) is 0 Å². The van der Waals surface area contributed by atoms with Crippen molar-refractivity contribution in [2.24, 2.45) is 7.05 Å². The summed E-state index contributed by atoms with van der Waals surface area (Å²) in [4.78, 5) is 27.0. The molecule has 132 valence electrons. The molecule has 0 bridgehead atoms. The van der Waals surface area contributed by atoms with E-state index in [0.29, 0.717) is 11.4 Å². The Bertz CT molecular complexity index is 855. The normalized spacial score (nSPS) is 21.9. The van der Waals surface area contributed by atoms with E-state index in [1.807, 2.05) is 29.2 Å². The first kappa shape index (κ1) is 16.1. The molecule has 25 heavy (non-hydrogen) atoms. The fraction of sp³-hybridized carbons (Fsp3) is 0.474. The van der Waals surface area contributed by atoms with E-state index in [1.165, 1.54) is 0 Å². The van der Waals surface area contributed by atoms with Gasteiger partial charge >= 0.3 is 0 Å². The second kappa shape index (κ2) is 6.52. The fourth-order valence-electron chi connectivity index (χ4n) is 3.82. The summed E-state index contributed by atoms with van der Waals surface area (Å²) in [6.07, 6.45) is 4.40. The summed E-state index contributed by atoms with van der Waals surface area (Å²) in [5, 5.41) is 4.91. The highest BCUT2D eigenvalue weighted by Gasteiger charge is 2.36. The van der Waals surface area contributed by atoms with Crippen LogP contribution in [-0.2, 0) is 16.6 Å². The molecule has 1 amide bonds. The van der Waals surface area contributed by atoms with Gasteiger partial charge in [0.1, 0.15) is 6.04 Å². The number of rotatable bonds is 3. The number of ether oxygens (including phenoxy) is 1. The Morgan fingerprint density at radius 2 is 1.92 bits per heavy atom. The molecule has 1 aromatic carbocycles. The lowest BCUT2D eigenvalue weighted by Crippen LogP contribution is -2.43. The maximum absolute atomic E-state index is 12.8. The Labute approximate surface area is 146 Å². The van der Waals surface area contributed by atoms with Gasteiger partial charge in [-0.15, -0.1) is 0 Å². The van der Waals surface area contributed by atoms with Crippen molar-refractivity contribution in [3.8, 4) is 0 Å². The van der Waals surface area contributed by atoms with Crippen LogP contribution in [0, 0.1) is 0 Å². The largest absolute Gasteiger partial charge is 0.381 e. The van der Waals surface area contributed by atoms with Crippen molar-refractivity contribution < 1.29 is 9.53 Å². The first-order valence-corrected chi connectivity index (χ1v) is 8.87. The minimum Gasteiger partial charge on any atom is -0.381 e. The van der Waals surface area contributed by atoms with Gasteiger partial charge in [-0.25, -0.2) is 0 Å². The third-order valence-electron chi connectivity index (χ3n) is 5.29. The van der Waals surface area contributed by atoms with Gasteiger partial charge in [0.2, 0.25) is 5.91 Å². The fourth-order valence-corrected chi connectivity index (χ4v) is 3.82. The van der Waals surface area contributed by atoms with E-state index in [-0.39, 0.29) is 17.5 Å². The zero-order valence-electron chi connectivity index (χ0n) is 14.4. The number of aromatic nitrogens is 1. The standard InChI is InChI=1S/C19H23N3O3/c1-21-8-4-13-2-3-14(12-16(13)18(21)23)20-17-5-9-22(19(17)24)15-6-10-25-11-7-15/h2-4,8,12,15,17,20H,5-7,9-11H2,1H3. The minimum absolute atomic E-state index is 0.0252. The number of nitrogens with one attached hydrogen (secondary N) is 1. The molecule has 4 rings (SSSR count). The van der Waals surface area contributed by atoms with E-state index in [0.717, 1.165) is 50.1 Å². The van der Waals surface area contributed by atoms with Crippen molar-refractivity contribution in [1.29, 1.82) is 0 Å². The quantitative estimate of drug-likeness (QED) is 0.923. The van der Waals surface area contributed by atoms with E-state index in [4.69, 9.17) is 4.74 Å². The van der Waals surface area contributed by atoms with Crippen molar-refractivity contribution in [2.75, 3.05) is 25.1 Å². The molecule has 0 aliphatic carbocycles. The molecule has 6 nitrogen and oxygen atoms in total. The smallest absolute Gasteiger partial charge is 0.258 e. The molecule has 1 unspecified atom stereocenters. The number of anilines is 1. The van der Waals surface area contributed by atoms with E-state index >= 15 is 0 Å². The number of carbonyl (C=O) groups is 1. The average Bonchev–Trinajstić information content (AvgIpc) is 3.00. The summed E-state index contributed by atoms with van der Waals surface area (Å²) < 4.78 is 6.96. The zero-order valence-corrected chi connectivity index (χ0v) is 14.4. The number of hydrogen-bond donors (Lipinski definition) is 1. The number of fused-ring (bicyclic) bond motifs is 1. The first-order valence-electron chi connectivity index (χ1n) is 8.87. The highest BCUT2D eigenvalue weighted by Crippen LogP contribution is 2.24. The number of benzene rings is 1. The summed E-state index contributed by atoms with van der Waals surface area (Å²) in [5.41, 5.74) is 0.797. The van der Waals surface area contributed by atoms with Crippen molar-refractivity contribution in [3.63, 3.8) is 0 Å². The molecule has 2 fully saturated rings. The molecule has 0 spiro atoms. The van der Waals surface area contributed by atoms with Crippen LogP contribution in [0.1, 0.15) is 19.3 Å². The topological polar surface area (TPSA) is 63.6 Å². The maximum Gasteiger partial charge on any atom is 0.258 e. The van der Waals surface area contributed by atoms with E-state index in [9.17, 15) is 9.59 Å². The van der Waals surface area contributed by atoms with Gasteiger partial charge in [0.25, 0.3) is 5.56 Å². The van der Waals surface area contributed by atoms with Crippen LogP contribution in [0.4, 0.5) is 5.69 Å². The van der Waals surface area contributed by atoms with E-state index in [2.05, 4.69) is 5.32 Å². The van der Waals surface area contributed by atoms with Crippen LogP contribution in [0.25, 0.3) is 10.8 Å². The molecule has 1 aromatic heterocycles. The summed E-state index contributed by atoms with van der Waals surface area (Å²) in [7, 11) is 1.74. The summed E-state index contributed by atoms with van der Waals surface area (Å²) in [6.45, 7) is 2.26.